The Balaban J connectivity index is 3.33. The highest BCUT2D eigenvalue weighted by molar-refractivity contribution is 6.28. The van der Waals surface area contributed by atoms with Crippen molar-refractivity contribution in [2.75, 3.05) is 19.8 Å². The van der Waals surface area contributed by atoms with Gasteiger partial charge in [0.05, 0.1) is 0 Å². The maximum absolute atomic E-state index is 5.53. The Bertz CT molecular complexity index is 94.9. The number of ether oxygens (including phenoxy) is 2. The van der Waals surface area contributed by atoms with Crippen LogP contribution in [-0.4, -0.2) is 35.5 Å². The summed E-state index contributed by atoms with van der Waals surface area (Å²) in [6.45, 7) is 8.38. The van der Waals surface area contributed by atoms with Crippen molar-refractivity contribution >= 4 is 9.76 Å². The van der Waals surface area contributed by atoms with E-state index in [4.69, 9.17) is 13.9 Å². The number of hydrogen-bond donors (Lipinski definition) is 0. The first-order chi connectivity index (χ1) is 6.35. The molecule has 0 atom stereocenters. The van der Waals surface area contributed by atoms with Crippen molar-refractivity contribution in [3.8, 4) is 0 Å². The van der Waals surface area contributed by atoms with Crippen LogP contribution in [0.4, 0.5) is 0 Å². The van der Waals surface area contributed by atoms with Gasteiger partial charge in [0.15, 0.2) is 5.91 Å². The van der Waals surface area contributed by atoms with Gasteiger partial charge >= 0.3 is 0 Å². The molecule has 3 nitrogen and oxygen atoms in total. The Morgan fingerprint density at radius 1 is 1.08 bits per heavy atom. The summed E-state index contributed by atoms with van der Waals surface area (Å²) in [6, 6.07) is 0. The zero-order chi connectivity index (χ0) is 9.94. The van der Waals surface area contributed by atoms with Crippen molar-refractivity contribution in [3.63, 3.8) is 0 Å². The molecule has 0 aromatic heterocycles. The van der Waals surface area contributed by atoms with Crippen LogP contribution in [0.15, 0.2) is 0 Å². The fraction of sp³-hybridized carbons (Fsp3) is 1.00. The van der Waals surface area contributed by atoms with E-state index in [1.165, 1.54) is 6.42 Å². The Morgan fingerprint density at radius 2 is 1.69 bits per heavy atom. The third-order valence-electron chi connectivity index (χ3n) is 1.60. The zero-order valence-corrected chi connectivity index (χ0v) is 10.5. The van der Waals surface area contributed by atoms with Crippen molar-refractivity contribution in [1.29, 1.82) is 0 Å². The molecule has 0 amide bonds. The summed E-state index contributed by atoms with van der Waals surface area (Å²) in [7, 11) is -0.661. The predicted octanol–water partition coefficient (Wildman–Crippen LogP) is 1.24. The van der Waals surface area contributed by atoms with Gasteiger partial charge in [0, 0.05) is 19.8 Å². The lowest BCUT2D eigenvalue weighted by molar-refractivity contribution is -0.0899. The minimum absolute atomic E-state index is 0.0492. The van der Waals surface area contributed by atoms with Crippen LogP contribution in [0.3, 0.4) is 0 Å². The molecule has 0 unspecified atom stereocenters. The van der Waals surface area contributed by atoms with Crippen molar-refractivity contribution in [1.82, 2.24) is 0 Å². The molecule has 0 rings (SSSR count). The molecule has 0 heterocycles. The van der Waals surface area contributed by atoms with Crippen molar-refractivity contribution < 1.29 is 13.9 Å². The molecule has 0 saturated carbocycles. The number of unbranched alkanes of at least 4 members (excludes halogenated alkanes) is 1. The maximum Gasteiger partial charge on any atom is 0.223 e. The van der Waals surface area contributed by atoms with Gasteiger partial charge in [-0.25, -0.2) is 0 Å². The quantitative estimate of drug-likeness (QED) is 0.323. The number of rotatable bonds is 9. The van der Waals surface area contributed by atoms with E-state index in [2.05, 4.69) is 6.92 Å². The van der Waals surface area contributed by atoms with Crippen LogP contribution < -0.4 is 0 Å². The first kappa shape index (κ1) is 13.1. The predicted molar refractivity (Wildman–Crippen MR) is 56.4 cm³/mol. The van der Waals surface area contributed by atoms with Gasteiger partial charge in [-0.15, -0.1) is 0 Å². The van der Waals surface area contributed by atoms with Gasteiger partial charge in [-0.2, -0.15) is 0 Å². The molecule has 13 heavy (non-hydrogen) atoms. The monoisotopic (exact) mass is 206 g/mol. The van der Waals surface area contributed by atoms with Crippen LogP contribution >= 0.6 is 0 Å². The Labute approximate surface area is 83.7 Å². The lowest BCUT2D eigenvalue weighted by atomic mass is 10.4. The lowest BCUT2D eigenvalue weighted by Gasteiger charge is -2.16. The first-order valence-electron chi connectivity index (χ1n) is 5.16. The van der Waals surface area contributed by atoms with Gasteiger partial charge in [-0.05, 0) is 20.3 Å². The van der Waals surface area contributed by atoms with Gasteiger partial charge in [0.2, 0.25) is 9.76 Å². The molecule has 0 aromatic rings. The van der Waals surface area contributed by atoms with E-state index in [9.17, 15) is 0 Å². The molecule has 0 aliphatic rings. The normalized spacial score (nSPS) is 12.0. The van der Waals surface area contributed by atoms with E-state index < -0.39 is 9.76 Å². The summed E-state index contributed by atoms with van der Waals surface area (Å²) in [5.74, 6) is -0.0492. The highest BCUT2D eigenvalue weighted by Gasteiger charge is 2.08. The molecule has 0 bridgehead atoms. The highest BCUT2D eigenvalue weighted by Crippen LogP contribution is 1.95. The summed E-state index contributed by atoms with van der Waals surface area (Å²) in [5, 5.41) is 0. The molecule has 0 N–H and O–H groups in total. The molecule has 80 valence electrons. The van der Waals surface area contributed by atoms with Crippen molar-refractivity contribution in [2.45, 2.75) is 39.5 Å². The molecule has 0 saturated heterocycles. The average molecular weight is 206 g/mol. The van der Waals surface area contributed by atoms with E-state index >= 15 is 0 Å². The Kier molecular flexibility index (Phi) is 10.3. The molecule has 4 heteroatoms. The number of hydrogen-bond acceptors (Lipinski definition) is 3. The second-order valence-corrected chi connectivity index (χ2v) is 4.18. The van der Waals surface area contributed by atoms with E-state index in [-0.39, 0.29) is 5.91 Å². The topological polar surface area (TPSA) is 27.7 Å². The van der Waals surface area contributed by atoms with Gasteiger partial charge in [0.25, 0.3) is 0 Å². The fourth-order valence-corrected chi connectivity index (χ4v) is 2.17. The third kappa shape index (κ3) is 8.43. The fourth-order valence-electron chi connectivity index (χ4n) is 0.942. The van der Waals surface area contributed by atoms with E-state index in [1.807, 2.05) is 13.8 Å². The molecule has 0 fully saturated rings. The largest absolute Gasteiger partial charge is 0.418 e. The van der Waals surface area contributed by atoms with Crippen LogP contribution in [-0.2, 0) is 13.9 Å². The van der Waals surface area contributed by atoms with Crippen molar-refractivity contribution in [3.05, 3.63) is 0 Å². The maximum atomic E-state index is 5.53. The molecule has 0 radical (unpaired) electrons. The van der Waals surface area contributed by atoms with Crippen LogP contribution in [0.2, 0.25) is 0 Å². The smallest absolute Gasteiger partial charge is 0.223 e. The average Bonchev–Trinajstić information content (AvgIpc) is 2.13. The van der Waals surface area contributed by atoms with Gasteiger partial charge < -0.3 is 13.9 Å². The summed E-state index contributed by atoms with van der Waals surface area (Å²) < 4.78 is 16.3. The summed E-state index contributed by atoms with van der Waals surface area (Å²) in [4.78, 5) is 0. The molecular formula is C9H22O3Si. The third-order valence-corrected chi connectivity index (χ3v) is 2.87. The molecule has 0 spiro atoms. The molecular weight excluding hydrogens is 184 g/mol. The van der Waals surface area contributed by atoms with Crippen molar-refractivity contribution in [2.24, 2.45) is 0 Å². The summed E-state index contributed by atoms with van der Waals surface area (Å²) in [6.07, 6.45) is 2.32. The minimum Gasteiger partial charge on any atom is -0.418 e. The SMILES string of the molecule is CCCCO[SiH2]C(OCC)OCC. The van der Waals surface area contributed by atoms with Crippen LogP contribution in [0.5, 0.6) is 0 Å². The van der Waals surface area contributed by atoms with Crippen LogP contribution in [0.25, 0.3) is 0 Å². The Hall–Kier alpha value is 0.0969. The van der Waals surface area contributed by atoms with Crippen LogP contribution in [0.1, 0.15) is 33.6 Å². The zero-order valence-electron chi connectivity index (χ0n) is 9.04. The highest BCUT2D eigenvalue weighted by atomic mass is 28.2. The van der Waals surface area contributed by atoms with E-state index in [0.29, 0.717) is 13.2 Å². The Morgan fingerprint density at radius 3 is 2.15 bits per heavy atom. The molecule has 0 aliphatic carbocycles. The minimum atomic E-state index is -0.661. The van der Waals surface area contributed by atoms with E-state index in [1.54, 1.807) is 0 Å². The van der Waals surface area contributed by atoms with Crippen LogP contribution in [0, 0.1) is 0 Å². The summed E-state index contributed by atoms with van der Waals surface area (Å²) in [5.41, 5.74) is 0. The van der Waals surface area contributed by atoms with E-state index in [0.717, 1.165) is 13.0 Å². The second-order valence-electron chi connectivity index (χ2n) is 2.77. The van der Waals surface area contributed by atoms with Gasteiger partial charge in [-0.3, -0.25) is 0 Å². The second kappa shape index (κ2) is 10.2. The molecule has 0 aliphatic heterocycles. The first-order valence-corrected chi connectivity index (χ1v) is 6.55. The van der Waals surface area contributed by atoms with Gasteiger partial charge in [0.1, 0.15) is 0 Å². The standard InChI is InChI=1S/C9H22O3Si/c1-4-7-8-12-13-9(10-5-2)11-6-3/h9H,4-8,13H2,1-3H3. The summed E-state index contributed by atoms with van der Waals surface area (Å²) >= 11 is 0. The van der Waals surface area contributed by atoms with Gasteiger partial charge in [-0.1, -0.05) is 13.3 Å². The lowest BCUT2D eigenvalue weighted by Crippen LogP contribution is -2.27. The molecule has 0 aromatic carbocycles.